The van der Waals surface area contributed by atoms with E-state index in [1.807, 2.05) is 12.1 Å². The van der Waals surface area contributed by atoms with Crippen molar-refractivity contribution in [2.24, 2.45) is 0 Å². The summed E-state index contributed by atoms with van der Waals surface area (Å²) in [5.74, 6) is 0.963. The van der Waals surface area contributed by atoms with E-state index in [0.29, 0.717) is 0 Å². The number of piperazine rings is 1. The van der Waals surface area contributed by atoms with Gasteiger partial charge in [0.05, 0.1) is 12.8 Å². The molecular formula is C20H24N2O. The molecule has 0 amide bonds. The van der Waals surface area contributed by atoms with Crippen LogP contribution in [0.25, 0.3) is 6.08 Å². The van der Waals surface area contributed by atoms with Crippen molar-refractivity contribution in [1.29, 1.82) is 0 Å². The van der Waals surface area contributed by atoms with Gasteiger partial charge in [0, 0.05) is 32.7 Å². The van der Waals surface area contributed by atoms with Crippen molar-refractivity contribution in [2.75, 3.05) is 44.7 Å². The fraction of sp³-hybridized carbons (Fsp3) is 0.300. The summed E-state index contributed by atoms with van der Waals surface area (Å²) in [5, 5.41) is 0. The molecule has 1 heterocycles. The van der Waals surface area contributed by atoms with Crippen LogP contribution in [0.5, 0.6) is 5.75 Å². The lowest BCUT2D eigenvalue weighted by molar-refractivity contribution is 0.283. The van der Waals surface area contributed by atoms with E-state index in [2.05, 4.69) is 64.4 Å². The van der Waals surface area contributed by atoms with Gasteiger partial charge >= 0.3 is 0 Å². The summed E-state index contributed by atoms with van der Waals surface area (Å²) < 4.78 is 5.47. The molecule has 0 unspecified atom stereocenters. The van der Waals surface area contributed by atoms with Crippen LogP contribution in [0.2, 0.25) is 0 Å². The molecule has 2 aromatic carbocycles. The van der Waals surface area contributed by atoms with E-state index in [4.69, 9.17) is 4.74 Å². The zero-order valence-electron chi connectivity index (χ0n) is 13.7. The molecule has 0 atom stereocenters. The minimum atomic E-state index is 0.963. The predicted molar refractivity (Wildman–Crippen MR) is 97.1 cm³/mol. The van der Waals surface area contributed by atoms with Gasteiger partial charge in [-0.1, -0.05) is 54.6 Å². The van der Waals surface area contributed by atoms with Gasteiger partial charge in [-0.3, -0.25) is 4.90 Å². The summed E-state index contributed by atoms with van der Waals surface area (Å²) in [7, 11) is 1.74. The van der Waals surface area contributed by atoms with Gasteiger partial charge in [0.2, 0.25) is 0 Å². The highest BCUT2D eigenvalue weighted by atomic mass is 16.5. The van der Waals surface area contributed by atoms with E-state index in [1.165, 1.54) is 11.3 Å². The molecule has 0 N–H and O–H groups in total. The van der Waals surface area contributed by atoms with E-state index in [-0.39, 0.29) is 0 Å². The van der Waals surface area contributed by atoms with Gasteiger partial charge in [0.1, 0.15) is 5.75 Å². The normalized spacial score (nSPS) is 16.0. The van der Waals surface area contributed by atoms with Gasteiger partial charge in [-0.05, 0) is 17.7 Å². The van der Waals surface area contributed by atoms with Crippen LogP contribution in [-0.4, -0.2) is 44.7 Å². The number of ether oxygens (including phenoxy) is 1. The van der Waals surface area contributed by atoms with Gasteiger partial charge < -0.3 is 9.64 Å². The van der Waals surface area contributed by atoms with Gasteiger partial charge in [0.25, 0.3) is 0 Å². The summed E-state index contributed by atoms with van der Waals surface area (Å²) >= 11 is 0. The Morgan fingerprint density at radius 3 is 2.35 bits per heavy atom. The van der Waals surface area contributed by atoms with Gasteiger partial charge in [0.15, 0.2) is 0 Å². The van der Waals surface area contributed by atoms with Crippen LogP contribution in [0.1, 0.15) is 5.56 Å². The van der Waals surface area contributed by atoms with Gasteiger partial charge in [-0.2, -0.15) is 0 Å². The second-order valence-corrected chi connectivity index (χ2v) is 5.77. The first-order valence-electron chi connectivity index (χ1n) is 8.19. The molecule has 23 heavy (non-hydrogen) atoms. The molecule has 3 nitrogen and oxygen atoms in total. The fourth-order valence-corrected chi connectivity index (χ4v) is 2.96. The summed E-state index contributed by atoms with van der Waals surface area (Å²) in [6.07, 6.45) is 4.46. The van der Waals surface area contributed by atoms with Gasteiger partial charge in [-0.15, -0.1) is 0 Å². The molecule has 120 valence electrons. The molecule has 0 aliphatic carbocycles. The van der Waals surface area contributed by atoms with Crippen LogP contribution >= 0.6 is 0 Å². The number of anilines is 1. The number of benzene rings is 2. The molecule has 0 aromatic heterocycles. The molecule has 0 spiro atoms. The Kier molecular flexibility index (Phi) is 5.33. The lowest BCUT2D eigenvalue weighted by Crippen LogP contribution is -2.46. The number of rotatable bonds is 5. The van der Waals surface area contributed by atoms with E-state index in [9.17, 15) is 0 Å². The maximum Gasteiger partial charge on any atom is 0.142 e. The third kappa shape index (κ3) is 4.14. The number of nitrogens with zero attached hydrogens (tertiary/aromatic N) is 2. The molecule has 1 saturated heterocycles. The highest BCUT2D eigenvalue weighted by Crippen LogP contribution is 2.28. The molecule has 3 heteroatoms. The zero-order chi connectivity index (χ0) is 15.9. The Hall–Kier alpha value is -2.26. The third-order valence-electron chi connectivity index (χ3n) is 4.27. The first-order valence-corrected chi connectivity index (χ1v) is 8.19. The molecule has 0 radical (unpaired) electrons. The summed E-state index contributed by atoms with van der Waals surface area (Å²) in [6.45, 7) is 5.25. The fourth-order valence-electron chi connectivity index (χ4n) is 2.96. The Balaban J connectivity index is 1.51. The molecule has 1 fully saturated rings. The monoisotopic (exact) mass is 308 g/mol. The Bertz CT molecular complexity index is 631. The van der Waals surface area contributed by atoms with Crippen molar-refractivity contribution in [1.82, 2.24) is 4.90 Å². The summed E-state index contributed by atoms with van der Waals surface area (Å²) in [4.78, 5) is 4.90. The molecule has 0 bridgehead atoms. The average Bonchev–Trinajstić information content (AvgIpc) is 2.63. The first kappa shape index (κ1) is 15.6. The van der Waals surface area contributed by atoms with Crippen molar-refractivity contribution in [3.63, 3.8) is 0 Å². The molecule has 0 saturated carbocycles. The van der Waals surface area contributed by atoms with Crippen molar-refractivity contribution < 1.29 is 4.74 Å². The molecule has 3 rings (SSSR count). The number of hydrogen-bond donors (Lipinski definition) is 0. The molecular weight excluding hydrogens is 284 g/mol. The maximum absolute atomic E-state index is 5.47. The Labute approximate surface area is 138 Å². The van der Waals surface area contributed by atoms with E-state index >= 15 is 0 Å². The maximum atomic E-state index is 5.47. The third-order valence-corrected chi connectivity index (χ3v) is 4.27. The van der Waals surface area contributed by atoms with Crippen molar-refractivity contribution >= 4 is 11.8 Å². The smallest absolute Gasteiger partial charge is 0.142 e. The summed E-state index contributed by atoms with van der Waals surface area (Å²) in [5.41, 5.74) is 2.47. The van der Waals surface area contributed by atoms with E-state index in [1.54, 1.807) is 7.11 Å². The van der Waals surface area contributed by atoms with Crippen LogP contribution < -0.4 is 9.64 Å². The number of methoxy groups -OCH3 is 1. The topological polar surface area (TPSA) is 15.7 Å². The van der Waals surface area contributed by atoms with E-state index in [0.717, 1.165) is 38.5 Å². The average molecular weight is 308 g/mol. The predicted octanol–water partition coefficient (Wildman–Crippen LogP) is 3.53. The van der Waals surface area contributed by atoms with Gasteiger partial charge in [-0.25, -0.2) is 0 Å². The van der Waals surface area contributed by atoms with Crippen molar-refractivity contribution in [3.05, 3.63) is 66.2 Å². The van der Waals surface area contributed by atoms with Crippen LogP contribution in [0, 0.1) is 0 Å². The van der Waals surface area contributed by atoms with Crippen LogP contribution in [-0.2, 0) is 0 Å². The number of hydrogen-bond acceptors (Lipinski definition) is 3. The van der Waals surface area contributed by atoms with Crippen LogP contribution in [0.15, 0.2) is 60.7 Å². The molecule has 1 aliphatic heterocycles. The van der Waals surface area contributed by atoms with Crippen molar-refractivity contribution in [2.45, 2.75) is 0 Å². The minimum absolute atomic E-state index is 0.963. The Morgan fingerprint density at radius 2 is 1.61 bits per heavy atom. The van der Waals surface area contributed by atoms with Crippen LogP contribution in [0.4, 0.5) is 5.69 Å². The number of para-hydroxylation sites is 2. The van der Waals surface area contributed by atoms with E-state index < -0.39 is 0 Å². The second-order valence-electron chi connectivity index (χ2n) is 5.77. The van der Waals surface area contributed by atoms with Crippen molar-refractivity contribution in [3.8, 4) is 5.75 Å². The largest absolute Gasteiger partial charge is 0.495 e. The zero-order valence-corrected chi connectivity index (χ0v) is 13.7. The molecule has 1 aliphatic rings. The SMILES string of the molecule is COc1ccccc1N1CCN(C/C=C/c2ccccc2)CC1. The highest BCUT2D eigenvalue weighted by molar-refractivity contribution is 5.58. The second kappa shape index (κ2) is 7.84. The summed E-state index contributed by atoms with van der Waals surface area (Å²) in [6, 6.07) is 18.7. The molecule has 2 aromatic rings. The first-order chi connectivity index (χ1) is 11.4. The lowest BCUT2D eigenvalue weighted by Gasteiger charge is -2.36. The Morgan fingerprint density at radius 1 is 0.913 bits per heavy atom. The minimum Gasteiger partial charge on any atom is -0.495 e. The standard InChI is InChI=1S/C20H24N2O/c1-23-20-12-6-5-11-19(20)22-16-14-21(15-17-22)13-7-10-18-8-3-2-4-9-18/h2-12H,13-17H2,1H3/b10-7+. The highest BCUT2D eigenvalue weighted by Gasteiger charge is 2.18. The van der Waals surface area contributed by atoms with Crippen LogP contribution in [0.3, 0.4) is 0 Å². The lowest BCUT2D eigenvalue weighted by atomic mass is 10.2. The quantitative estimate of drug-likeness (QED) is 0.840.